The van der Waals surface area contributed by atoms with Crippen LogP contribution in [0.3, 0.4) is 0 Å². The van der Waals surface area contributed by atoms with Gasteiger partial charge in [-0.05, 0) is 55.5 Å². The maximum Gasteiger partial charge on any atom is 0.338 e. The molecule has 1 atom stereocenters. The van der Waals surface area contributed by atoms with Crippen molar-refractivity contribution in [2.24, 2.45) is 0 Å². The van der Waals surface area contributed by atoms with Crippen molar-refractivity contribution in [1.82, 2.24) is 9.21 Å². The molecule has 2 heterocycles. The summed E-state index contributed by atoms with van der Waals surface area (Å²) < 4.78 is 32.3. The molecule has 8 heteroatoms. The highest BCUT2D eigenvalue weighted by Crippen LogP contribution is 2.23. The molecular formula is C23H26N2O5S. The summed E-state index contributed by atoms with van der Waals surface area (Å²) in [6.07, 6.45) is 1.47. The molecule has 0 radical (unpaired) electrons. The van der Waals surface area contributed by atoms with E-state index in [9.17, 15) is 18.0 Å². The van der Waals surface area contributed by atoms with Crippen LogP contribution in [0, 0.1) is 0 Å². The van der Waals surface area contributed by atoms with Crippen molar-refractivity contribution in [3.05, 3.63) is 65.2 Å². The van der Waals surface area contributed by atoms with Gasteiger partial charge in [-0.2, -0.15) is 4.31 Å². The van der Waals surface area contributed by atoms with E-state index in [2.05, 4.69) is 6.07 Å². The second kappa shape index (κ2) is 8.80. The summed E-state index contributed by atoms with van der Waals surface area (Å²) in [5, 5.41) is 0. The number of hydrogen-bond acceptors (Lipinski definition) is 5. The summed E-state index contributed by atoms with van der Waals surface area (Å²) >= 11 is 0. The summed E-state index contributed by atoms with van der Waals surface area (Å²) in [6, 6.07) is 13.8. The Morgan fingerprint density at radius 1 is 0.968 bits per heavy atom. The van der Waals surface area contributed by atoms with Crippen molar-refractivity contribution >= 4 is 21.9 Å². The normalized spacial score (nSPS) is 17.8. The first-order valence-corrected chi connectivity index (χ1v) is 12.0. The van der Waals surface area contributed by atoms with Gasteiger partial charge in [0, 0.05) is 26.2 Å². The molecule has 2 aromatic rings. The van der Waals surface area contributed by atoms with E-state index in [0.717, 1.165) is 24.8 Å². The van der Waals surface area contributed by atoms with E-state index in [-0.39, 0.29) is 16.4 Å². The van der Waals surface area contributed by atoms with Crippen LogP contribution in [0.25, 0.3) is 0 Å². The number of amides is 1. The highest BCUT2D eigenvalue weighted by Gasteiger charge is 2.29. The van der Waals surface area contributed by atoms with E-state index in [1.165, 1.54) is 34.1 Å². The standard InChI is InChI=1S/C23H26N2O5S/c1-17(22(26)24-14-11-18-7-2-3-8-20(18)16-24)30-23(27)19-9-6-10-21(15-19)31(28,29)25-12-4-5-13-25/h2-3,6-10,15,17H,4-5,11-14,16H2,1H3. The molecule has 164 valence electrons. The average molecular weight is 443 g/mol. The number of sulfonamides is 1. The molecule has 0 saturated carbocycles. The predicted octanol–water partition coefficient (Wildman–Crippen LogP) is 2.60. The predicted molar refractivity (Wildman–Crippen MR) is 115 cm³/mol. The quantitative estimate of drug-likeness (QED) is 0.665. The molecule has 1 fully saturated rings. The Morgan fingerprint density at radius 2 is 1.68 bits per heavy atom. The van der Waals surface area contributed by atoms with Crippen molar-refractivity contribution in [2.75, 3.05) is 19.6 Å². The number of carbonyl (C=O) groups excluding carboxylic acids is 2. The number of ether oxygens (including phenoxy) is 1. The molecular weight excluding hydrogens is 416 g/mol. The van der Waals surface area contributed by atoms with E-state index in [1.54, 1.807) is 11.8 Å². The Bertz CT molecular complexity index is 1090. The zero-order valence-corrected chi connectivity index (χ0v) is 18.3. The Hall–Kier alpha value is -2.71. The van der Waals surface area contributed by atoms with Crippen molar-refractivity contribution in [3.63, 3.8) is 0 Å². The van der Waals surface area contributed by atoms with Gasteiger partial charge in [-0.3, -0.25) is 4.79 Å². The van der Waals surface area contributed by atoms with E-state index in [1.807, 2.05) is 18.2 Å². The molecule has 1 amide bonds. The molecule has 2 aromatic carbocycles. The lowest BCUT2D eigenvalue weighted by Crippen LogP contribution is -2.42. The lowest BCUT2D eigenvalue weighted by molar-refractivity contribution is -0.140. The van der Waals surface area contributed by atoms with Gasteiger partial charge in [-0.15, -0.1) is 0 Å². The van der Waals surface area contributed by atoms with Crippen LogP contribution in [0.2, 0.25) is 0 Å². The van der Waals surface area contributed by atoms with Gasteiger partial charge in [-0.25, -0.2) is 13.2 Å². The molecule has 0 aromatic heterocycles. The summed E-state index contributed by atoms with van der Waals surface area (Å²) in [5.74, 6) is -0.972. The van der Waals surface area contributed by atoms with Crippen LogP contribution in [0.15, 0.2) is 53.4 Å². The van der Waals surface area contributed by atoms with Gasteiger partial charge in [0.1, 0.15) is 0 Å². The highest BCUT2D eigenvalue weighted by molar-refractivity contribution is 7.89. The molecule has 0 aliphatic carbocycles. The number of nitrogens with zero attached hydrogens (tertiary/aromatic N) is 2. The van der Waals surface area contributed by atoms with Crippen molar-refractivity contribution < 1.29 is 22.7 Å². The third-order valence-corrected chi connectivity index (χ3v) is 7.74. The lowest BCUT2D eigenvalue weighted by Gasteiger charge is -2.30. The van der Waals surface area contributed by atoms with Crippen molar-refractivity contribution in [3.8, 4) is 0 Å². The summed E-state index contributed by atoms with van der Waals surface area (Å²) in [7, 11) is -3.63. The smallest absolute Gasteiger partial charge is 0.338 e. The van der Waals surface area contributed by atoms with Crippen LogP contribution in [-0.2, 0) is 32.5 Å². The zero-order chi connectivity index (χ0) is 22.0. The van der Waals surface area contributed by atoms with Crippen LogP contribution in [0.1, 0.15) is 41.3 Å². The second-order valence-corrected chi connectivity index (χ2v) is 9.90. The van der Waals surface area contributed by atoms with Gasteiger partial charge in [0.25, 0.3) is 5.91 Å². The Balaban J connectivity index is 1.43. The van der Waals surface area contributed by atoms with Crippen LogP contribution in [-0.4, -0.2) is 55.2 Å². The molecule has 0 N–H and O–H groups in total. The fourth-order valence-corrected chi connectivity index (χ4v) is 5.64. The van der Waals surface area contributed by atoms with Crippen LogP contribution in [0.4, 0.5) is 0 Å². The Morgan fingerprint density at radius 3 is 2.42 bits per heavy atom. The second-order valence-electron chi connectivity index (χ2n) is 7.97. The number of carbonyl (C=O) groups is 2. The molecule has 2 aliphatic heterocycles. The van der Waals surface area contributed by atoms with Gasteiger partial charge in [0.2, 0.25) is 10.0 Å². The van der Waals surface area contributed by atoms with Crippen molar-refractivity contribution in [1.29, 1.82) is 0 Å². The number of rotatable bonds is 5. The largest absolute Gasteiger partial charge is 0.449 e. The van der Waals surface area contributed by atoms with E-state index >= 15 is 0 Å². The van der Waals surface area contributed by atoms with Crippen LogP contribution in [0.5, 0.6) is 0 Å². The molecule has 1 saturated heterocycles. The Labute approximate surface area is 182 Å². The number of esters is 1. The third kappa shape index (κ3) is 4.50. The number of hydrogen-bond donors (Lipinski definition) is 0. The minimum absolute atomic E-state index is 0.0652. The van der Waals surface area contributed by atoms with Gasteiger partial charge in [-0.1, -0.05) is 30.3 Å². The molecule has 0 bridgehead atoms. The zero-order valence-electron chi connectivity index (χ0n) is 17.5. The summed E-state index contributed by atoms with van der Waals surface area (Å²) in [5.41, 5.74) is 2.44. The SMILES string of the molecule is CC(OC(=O)c1cccc(S(=O)(=O)N2CCCC2)c1)C(=O)N1CCc2ccccc2C1. The van der Waals surface area contributed by atoms with E-state index in [0.29, 0.717) is 26.2 Å². The maximum atomic E-state index is 12.8. The summed E-state index contributed by atoms with van der Waals surface area (Å²) in [4.78, 5) is 27.2. The van der Waals surface area contributed by atoms with Gasteiger partial charge in [0.15, 0.2) is 6.10 Å². The van der Waals surface area contributed by atoms with Gasteiger partial charge >= 0.3 is 5.97 Å². The van der Waals surface area contributed by atoms with Gasteiger partial charge < -0.3 is 9.64 Å². The van der Waals surface area contributed by atoms with E-state index in [4.69, 9.17) is 4.74 Å². The maximum absolute atomic E-state index is 12.8. The first-order valence-electron chi connectivity index (χ1n) is 10.5. The first-order chi connectivity index (χ1) is 14.9. The lowest BCUT2D eigenvalue weighted by atomic mass is 9.99. The van der Waals surface area contributed by atoms with E-state index < -0.39 is 22.1 Å². The molecule has 7 nitrogen and oxygen atoms in total. The average Bonchev–Trinajstić information content (AvgIpc) is 3.34. The number of benzene rings is 2. The fourth-order valence-electron chi connectivity index (χ4n) is 4.08. The minimum atomic E-state index is -3.63. The van der Waals surface area contributed by atoms with Crippen molar-refractivity contribution in [2.45, 2.75) is 43.7 Å². The van der Waals surface area contributed by atoms with Gasteiger partial charge in [0.05, 0.1) is 10.5 Å². The molecule has 1 unspecified atom stereocenters. The molecule has 2 aliphatic rings. The Kier molecular flexibility index (Phi) is 6.11. The molecule has 31 heavy (non-hydrogen) atoms. The fraction of sp³-hybridized carbons (Fsp3) is 0.391. The summed E-state index contributed by atoms with van der Waals surface area (Å²) in [6.45, 7) is 3.58. The molecule has 4 rings (SSSR count). The highest BCUT2D eigenvalue weighted by atomic mass is 32.2. The minimum Gasteiger partial charge on any atom is -0.449 e. The topological polar surface area (TPSA) is 84.0 Å². The van der Waals surface area contributed by atoms with Crippen LogP contribution < -0.4 is 0 Å². The van der Waals surface area contributed by atoms with Crippen LogP contribution >= 0.6 is 0 Å². The number of fused-ring (bicyclic) bond motifs is 1. The monoisotopic (exact) mass is 442 g/mol. The third-order valence-electron chi connectivity index (χ3n) is 5.85. The first kappa shape index (κ1) is 21.5. The molecule has 0 spiro atoms.